The number of methoxy groups -OCH3 is 1. The molecule has 0 aliphatic heterocycles. The number of carbonyl (C=O) groups excluding carboxylic acids is 2. The van der Waals surface area contributed by atoms with Crippen LogP contribution in [-0.2, 0) is 9.53 Å². The Labute approximate surface area is 153 Å². The van der Waals surface area contributed by atoms with Crippen LogP contribution >= 0.6 is 0 Å². The van der Waals surface area contributed by atoms with Gasteiger partial charge in [-0.05, 0) is 49.2 Å². The Morgan fingerprint density at radius 2 is 1.81 bits per heavy atom. The molecule has 26 heavy (non-hydrogen) atoms. The fourth-order valence-electron chi connectivity index (χ4n) is 2.29. The lowest BCUT2D eigenvalue weighted by molar-refractivity contribution is -0.118. The van der Waals surface area contributed by atoms with E-state index in [1.807, 2.05) is 32.0 Å². The highest BCUT2D eigenvalue weighted by Gasteiger charge is 2.13. The summed E-state index contributed by atoms with van der Waals surface area (Å²) < 4.78 is 10.4. The number of hydrogen-bond acceptors (Lipinski definition) is 4. The van der Waals surface area contributed by atoms with Crippen LogP contribution in [-0.4, -0.2) is 38.7 Å². The fourth-order valence-corrected chi connectivity index (χ4v) is 2.29. The lowest BCUT2D eigenvalue weighted by Crippen LogP contribution is -2.28. The third-order valence-electron chi connectivity index (χ3n) is 3.89. The molecular weight excluding hydrogens is 332 g/mol. The summed E-state index contributed by atoms with van der Waals surface area (Å²) in [7, 11) is 1.57. The van der Waals surface area contributed by atoms with Gasteiger partial charge in [-0.15, -0.1) is 0 Å². The summed E-state index contributed by atoms with van der Waals surface area (Å²) in [6.45, 7) is 4.68. The van der Waals surface area contributed by atoms with E-state index in [1.54, 1.807) is 31.4 Å². The average Bonchev–Trinajstić information content (AvgIpc) is 2.63. The molecule has 0 unspecified atom stereocenters. The second kappa shape index (κ2) is 9.58. The SMILES string of the molecule is COCCNC(=O)c1ccccc1NC(=O)COc1ccc(C)c(C)c1. The van der Waals surface area contributed by atoms with Crippen LogP contribution in [0, 0.1) is 13.8 Å². The van der Waals surface area contributed by atoms with Crippen LogP contribution in [0.2, 0.25) is 0 Å². The second-order valence-corrected chi connectivity index (χ2v) is 5.88. The molecule has 2 aromatic rings. The fraction of sp³-hybridized carbons (Fsp3) is 0.300. The van der Waals surface area contributed by atoms with Crippen molar-refractivity contribution in [3.05, 3.63) is 59.2 Å². The number of nitrogens with one attached hydrogen (secondary N) is 2. The van der Waals surface area contributed by atoms with Gasteiger partial charge in [-0.3, -0.25) is 9.59 Å². The van der Waals surface area contributed by atoms with Crippen molar-refractivity contribution in [2.45, 2.75) is 13.8 Å². The predicted molar refractivity (Wildman–Crippen MR) is 101 cm³/mol. The van der Waals surface area contributed by atoms with Gasteiger partial charge < -0.3 is 20.1 Å². The Morgan fingerprint density at radius 3 is 2.54 bits per heavy atom. The Kier molecular flexibility index (Phi) is 7.17. The number of anilines is 1. The van der Waals surface area contributed by atoms with E-state index >= 15 is 0 Å². The van der Waals surface area contributed by atoms with Gasteiger partial charge in [0.2, 0.25) is 0 Å². The summed E-state index contributed by atoms with van der Waals surface area (Å²) in [4.78, 5) is 24.4. The van der Waals surface area contributed by atoms with Crippen LogP contribution in [0.1, 0.15) is 21.5 Å². The molecule has 2 N–H and O–H groups in total. The summed E-state index contributed by atoms with van der Waals surface area (Å²) >= 11 is 0. The van der Waals surface area contributed by atoms with Crippen LogP contribution < -0.4 is 15.4 Å². The van der Waals surface area contributed by atoms with E-state index in [0.717, 1.165) is 11.1 Å². The number of amides is 2. The highest BCUT2D eigenvalue weighted by Crippen LogP contribution is 2.17. The molecule has 6 nitrogen and oxygen atoms in total. The molecule has 0 fully saturated rings. The Hall–Kier alpha value is -2.86. The van der Waals surface area contributed by atoms with Crippen molar-refractivity contribution in [3.8, 4) is 5.75 Å². The van der Waals surface area contributed by atoms with E-state index in [9.17, 15) is 9.59 Å². The van der Waals surface area contributed by atoms with E-state index in [4.69, 9.17) is 9.47 Å². The lowest BCUT2D eigenvalue weighted by atomic mass is 10.1. The molecule has 0 spiro atoms. The maximum absolute atomic E-state index is 12.2. The van der Waals surface area contributed by atoms with Crippen LogP contribution in [0.5, 0.6) is 5.75 Å². The maximum atomic E-state index is 12.2. The Bertz CT molecular complexity index is 774. The zero-order valence-corrected chi connectivity index (χ0v) is 15.3. The minimum absolute atomic E-state index is 0.137. The van der Waals surface area contributed by atoms with Gasteiger partial charge in [-0.1, -0.05) is 18.2 Å². The molecule has 2 amide bonds. The van der Waals surface area contributed by atoms with Crippen molar-refractivity contribution < 1.29 is 19.1 Å². The van der Waals surface area contributed by atoms with Gasteiger partial charge in [0.25, 0.3) is 11.8 Å². The van der Waals surface area contributed by atoms with Gasteiger partial charge in [0.05, 0.1) is 17.9 Å². The first-order valence-corrected chi connectivity index (χ1v) is 8.37. The molecule has 2 aromatic carbocycles. The molecule has 0 saturated carbocycles. The summed E-state index contributed by atoms with van der Waals surface area (Å²) in [6.07, 6.45) is 0. The van der Waals surface area contributed by atoms with E-state index in [-0.39, 0.29) is 18.4 Å². The molecule has 0 radical (unpaired) electrons. The van der Waals surface area contributed by atoms with Crippen LogP contribution in [0.25, 0.3) is 0 Å². The smallest absolute Gasteiger partial charge is 0.262 e. The molecular formula is C20H24N2O4. The van der Waals surface area contributed by atoms with Gasteiger partial charge in [0.1, 0.15) is 5.75 Å². The van der Waals surface area contributed by atoms with E-state index in [0.29, 0.717) is 30.2 Å². The molecule has 0 aromatic heterocycles. The number of rotatable bonds is 8. The van der Waals surface area contributed by atoms with Crippen molar-refractivity contribution in [3.63, 3.8) is 0 Å². The Balaban J connectivity index is 1.96. The molecule has 0 heterocycles. The average molecular weight is 356 g/mol. The van der Waals surface area contributed by atoms with Gasteiger partial charge in [-0.25, -0.2) is 0 Å². The monoisotopic (exact) mass is 356 g/mol. The zero-order chi connectivity index (χ0) is 18.9. The maximum Gasteiger partial charge on any atom is 0.262 e. The van der Waals surface area contributed by atoms with Gasteiger partial charge >= 0.3 is 0 Å². The highest BCUT2D eigenvalue weighted by atomic mass is 16.5. The van der Waals surface area contributed by atoms with Crippen molar-refractivity contribution in [2.75, 3.05) is 32.2 Å². The molecule has 2 rings (SSSR count). The normalized spacial score (nSPS) is 10.3. The van der Waals surface area contributed by atoms with Gasteiger partial charge in [-0.2, -0.15) is 0 Å². The van der Waals surface area contributed by atoms with Gasteiger partial charge in [0, 0.05) is 13.7 Å². The molecule has 6 heteroatoms. The minimum atomic E-state index is -0.333. The molecule has 138 valence electrons. The molecule has 0 saturated heterocycles. The van der Waals surface area contributed by atoms with Crippen LogP contribution in [0.15, 0.2) is 42.5 Å². The van der Waals surface area contributed by atoms with Crippen molar-refractivity contribution >= 4 is 17.5 Å². The summed E-state index contributed by atoms with van der Waals surface area (Å²) in [5, 5.41) is 5.46. The topological polar surface area (TPSA) is 76.7 Å². The quantitative estimate of drug-likeness (QED) is 0.713. The number of aryl methyl sites for hydroxylation is 2. The first kappa shape index (κ1) is 19.5. The number of benzene rings is 2. The van der Waals surface area contributed by atoms with Crippen molar-refractivity contribution in [2.24, 2.45) is 0 Å². The van der Waals surface area contributed by atoms with Crippen molar-refractivity contribution in [1.29, 1.82) is 0 Å². The number of carbonyl (C=O) groups is 2. The molecule has 0 aliphatic carbocycles. The van der Waals surface area contributed by atoms with Crippen LogP contribution in [0.3, 0.4) is 0 Å². The molecule has 0 atom stereocenters. The van der Waals surface area contributed by atoms with E-state index < -0.39 is 0 Å². The first-order valence-electron chi connectivity index (χ1n) is 8.37. The summed E-state index contributed by atoms with van der Waals surface area (Å²) in [6, 6.07) is 12.5. The zero-order valence-electron chi connectivity index (χ0n) is 15.3. The lowest BCUT2D eigenvalue weighted by Gasteiger charge is -2.12. The number of hydrogen-bond donors (Lipinski definition) is 2. The third kappa shape index (κ3) is 5.60. The molecule has 0 aliphatic rings. The molecule has 0 bridgehead atoms. The van der Waals surface area contributed by atoms with Crippen molar-refractivity contribution in [1.82, 2.24) is 5.32 Å². The summed E-state index contributed by atoms with van der Waals surface area (Å²) in [5.74, 6) is 0.0299. The standard InChI is InChI=1S/C20H24N2O4/c1-14-8-9-16(12-15(14)2)26-13-19(23)22-18-7-5-4-6-17(18)20(24)21-10-11-25-3/h4-9,12H,10-11,13H2,1-3H3,(H,21,24)(H,22,23). The Morgan fingerprint density at radius 1 is 1.04 bits per heavy atom. The number of para-hydroxylation sites is 1. The van der Waals surface area contributed by atoms with Gasteiger partial charge in [0.15, 0.2) is 6.61 Å². The largest absolute Gasteiger partial charge is 0.484 e. The predicted octanol–water partition coefficient (Wildman–Crippen LogP) is 2.70. The highest BCUT2D eigenvalue weighted by molar-refractivity contribution is 6.04. The minimum Gasteiger partial charge on any atom is -0.484 e. The third-order valence-corrected chi connectivity index (χ3v) is 3.89. The second-order valence-electron chi connectivity index (χ2n) is 5.88. The first-order chi connectivity index (χ1) is 12.5. The van der Waals surface area contributed by atoms with E-state index in [1.165, 1.54) is 0 Å². The van der Waals surface area contributed by atoms with Crippen LogP contribution in [0.4, 0.5) is 5.69 Å². The summed E-state index contributed by atoms with van der Waals surface area (Å²) in [5.41, 5.74) is 3.09. The van der Waals surface area contributed by atoms with E-state index in [2.05, 4.69) is 10.6 Å². The number of ether oxygens (including phenoxy) is 2.